The van der Waals surface area contributed by atoms with Gasteiger partial charge in [0.25, 0.3) is 5.91 Å². The van der Waals surface area contributed by atoms with E-state index >= 15 is 0 Å². The Morgan fingerprint density at radius 1 is 1.04 bits per heavy atom. The predicted molar refractivity (Wildman–Crippen MR) is 90.1 cm³/mol. The zero-order valence-corrected chi connectivity index (χ0v) is 14.4. The van der Waals surface area contributed by atoms with E-state index in [0.717, 1.165) is 37.8 Å². The molecule has 0 bridgehead atoms. The third-order valence-corrected chi connectivity index (χ3v) is 4.19. The minimum absolute atomic E-state index is 0.0714. The van der Waals surface area contributed by atoms with Crippen LogP contribution in [0.25, 0.3) is 0 Å². The molecule has 1 aliphatic carbocycles. The summed E-state index contributed by atoms with van der Waals surface area (Å²) < 4.78 is 30.8. The number of benzene rings is 1. The van der Waals surface area contributed by atoms with Crippen molar-refractivity contribution in [3.05, 3.63) is 29.8 Å². The summed E-state index contributed by atoms with van der Waals surface area (Å²) in [7, 11) is 0. The van der Waals surface area contributed by atoms with Crippen LogP contribution in [0.3, 0.4) is 0 Å². The Kier molecular flexibility index (Phi) is 7.50. The second-order valence-corrected chi connectivity index (χ2v) is 6.32. The lowest BCUT2D eigenvalue weighted by atomic mass is 9.87. The van der Waals surface area contributed by atoms with E-state index in [-0.39, 0.29) is 12.2 Å². The Morgan fingerprint density at radius 2 is 1.77 bits per heavy atom. The van der Waals surface area contributed by atoms with Gasteiger partial charge in [0.1, 0.15) is 0 Å². The first-order valence-electron chi connectivity index (χ1n) is 8.61. The van der Waals surface area contributed by atoms with Gasteiger partial charge in [0.2, 0.25) is 5.91 Å². The third-order valence-electron chi connectivity index (χ3n) is 4.19. The molecule has 0 unspecified atom stereocenters. The first-order chi connectivity index (χ1) is 12.4. The molecule has 1 saturated carbocycles. The fraction of sp³-hybridized carbons (Fsp3) is 0.500. The average molecular weight is 368 g/mol. The van der Waals surface area contributed by atoms with Gasteiger partial charge in [-0.15, -0.1) is 0 Å². The summed E-state index contributed by atoms with van der Waals surface area (Å²) in [4.78, 5) is 35.0. The summed E-state index contributed by atoms with van der Waals surface area (Å²) in [6.45, 7) is -0.831. The largest absolute Gasteiger partial charge is 0.456 e. The van der Waals surface area contributed by atoms with Crippen molar-refractivity contribution in [2.45, 2.75) is 38.5 Å². The Morgan fingerprint density at radius 3 is 2.46 bits per heavy atom. The molecule has 0 radical (unpaired) electrons. The van der Waals surface area contributed by atoms with Crippen molar-refractivity contribution in [2.24, 2.45) is 5.92 Å². The standard InChI is InChI=1S/C18H22F2N2O4/c19-14-7-6-13(9-15(14)20)22-16(23)10-21-17(24)11-26-18(25)8-12-4-2-1-3-5-12/h6-7,9,12H,1-5,8,10-11H2,(H,21,24)(H,22,23). The lowest BCUT2D eigenvalue weighted by Crippen LogP contribution is -2.35. The van der Waals surface area contributed by atoms with E-state index in [0.29, 0.717) is 12.3 Å². The van der Waals surface area contributed by atoms with E-state index in [4.69, 9.17) is 4.74 Å². The number of hydrogen-bond acceptors (Lipinski definition) is 4. The summed E-state index contributed by atoms with van der Waals surface area (Å²) in [6.07, 6.45) is 5.75. The summed E-state index contributed by atoms with van der Waals surface area (Å²) in [5.74, 6) is -3.43. The maximum absolute atomic E-state index is 13.0. The number of rotatable bonds is 7. The van der Waals surface area contributed by atoms with E-state index < -0.39 is 36.0 Å². The molecule has 2 N–H and O–H groups in total. The summed E-state index contributed by atoms with van der Waals surface area (Å²) in [5.41, 5.74) is 0.0714. The topological polar surface area (TPSA) is 84.5 Å². The number of nitrogens with one attached hydrogen (secondary N) is 2. The van der Waals surface area contributed by atoms with Crippen molar-refractivity contribution >= 4 is 23.5 Å². The number of ether oxygens (including phenoxy) is 1. The van der Waals surface area contributed by atoms with Gasteiger partial charge in [-0.05, 0) is 30.9 Å². The summed E-state index contributed by atoms with van der Waals surface area (Å²) in [6, 6.07) is 2.92. The number of carbonyl (C=O) groups excluding carboxylic acids is 3. The molecule has 26 heavy (non-hydrogen) atoms. The first-order valence-corrected chi connectivity index (χ1v) is 8.61. The second-order valence-electron chi connectivity index (χ2n) is 6.32. The fourth-order valence-electron chi connectivity index (χ4n) is 2.84. The Hall–Kier alpha value is -2.51. The van der Waals surface area contributed by atoms with Gasteiger partial charge in [0.15, 0.2) is 18.2 Å². The van der Waals surface area contributed by atoms with Crippen LogP contribution in [0.15, 0.2) is 18.2 Å². The van der Waals surface area contributed by atoms with Crippen LogP contribution >= 0.6 is 0 Å². The van der Waals surface area contributed by atoms with Crippen LogP contribution in [0, 0.1) is 17.6 Å². The van der Waals surface area contributed by atoms with Crippen molar-refractivity contribution in [1.82, 2.24) is 5.32 Å². The Balaban J connectivity index is 1.63. The average Bonchev–Trinajstić information content (AvgIpc) is 2.62. The van der Waals surface area contributed by atoms with Crippen molar-refractivity contribution in [3.8, 4) is 0 Å². The van der Waals surface area contributed by atoms with Crippen LogP contribution in [-0.2, 0) is 19.1 Å². The van der Waals surface area contributed by atoms with E-state index in [2.05, 4.69) is 10.6 Å². The minimum Gasteiger partial charge on any atom is -0.456 e. The molecule has 0 atom stereocenters. The highest BCUT2D eigenvalue weighted by atomic mass is 19.2. The molecule has 0 aromatic heterocycles. The zero-order chi connectivity index (χ0) is 18.9. The van der Waals surface area contributed by atoms with E-state index in [1.54, 1.807) is 0 Å². The maximum Gasteiger partial charge on any atom is 0.306 e. The molecule has 0 aliphatic heterocycles. The van der Waals surface area contributed by atoms with E-state index in [1.807, 2.05) is 0 Å². The number of anilines is 1. The lowest BCUT2D eigenvalue weighted by molar-refractivity contribution is -0.149. The number of hydrogen-bond donors (Lipinski definition) is 2. The molecule has 6 nitrogen and oxygen atoms in total. The molecule has 1 fully saturated rings. The van der Waals surface area contributed by atoms with E-state index in [9.17, 15) is 23.2 Å². The quantitative estimate of drug-likeness (QED) is 0.725. The third kappa shape index (κ3) is 6.78. The smallest absolute Gasteiger partial charge is 0.306 e. The van der Waals surface area contributed by atoms with Crippen LogP contribution in [0.5, 0.6) is 0 Å². The van der Waals surface area contributed by atoms with Gasteiger partial charge in [0.05, 0.1) is 6.54 Å². The monoisotopic (exact) mass is 368 g/mol. The Labute approximate surface area is 150 Å². The SMILES string of the molecule is O=C(COC(=O)CC1CCCCC1)NCC(=O)Nc1ccc(F)c(F)c1. The van der Waals surface area contributed by atoms with Gasteiger partial charge >= 0.3 is 5.97 Å². The molecule has 1 aromatic rings. The highest BCUT2D eigenvalue weighted by Gasteiger charge is 2.18. The molecule has 1 aromatic carbocycles. The number of halogens is 2. The predicted octanol–water partition coefficient (Wildman–Crippen LogP) is 2.53. The molecule has 0 heterocycles. The molecule has 2 amide bonds. The van der Waals surface area contributed by atoms with Crippen molar-refractivity contribution < 1.29 is 27.9 Å². The van der Waals surface area contributed by atoms with Crippen molar-refractivity contribution in [3.63, 3.8) is 0 Å². The molecule has 0 saturated heterocycles. The summed E-state index contributed by atoms with van der Waals surface area (Å²) in [5, 5.41) is 4.61. The zero-order valence-electron chi connectivity index (χ0n) is 14.4. The van der Waals surface area contributed by atoms with Crippen LogP contribution in [-0.4, -0.2) is 30.9 Å². The van der Waals surface area contributed by atoms with Crippen LogP contribution in [0.1, 0.15) is 38.5 Å². The van der Waals surface area contributed by atoms with E-state index in [1.165, 1.54) is 12.5 Å². The maximum atomic E-state index is 13.0. The number of carbonyl (C=O) groups is 3. The minimum atomic E-state index is -1.09. The molecule has 142 valence electrons. The number of esters is 1. The summed E-state index contributed by atoms with van der Waals surface area (Å²) >= 11 is 0. The van der Waals surface area contributed by atoms with Crippen molar-refractivity contribution in [2.75, 3.05) is 18.5 Å². The molecule has 8 heteroatoms. The molecule has 0 spiro atoms. The lowest BCUT2D eigenvalue weighted by Gasteiger charge is -2.20. The van der Waals surface area contributed by atoms with Gasteiger partial charge in [-0.25, -0.2) is 8.78 Å². The van der Waals surface area contributed by atoms with Crippen LogP contribution in [0.4, 0.5) is 14.5 Å². The molecule has 2 rings (SSSR count). The highest BCUT2D eigenvalue weighted by molar-refractivity contribution is 5.94. The highest BCUT2D eigenvalue weighted by Crippen LogP contribution is 2.26. The van der Waals surface area contributed by atoms with Gasteiger partial charge in [-0.1, -0.05) is 19.3 Å². The fourth-order valence-corrected chi connectivity index (χ4v) is 2.84. The van der Waals surface area contributed by atoms with Crippen molar-refractivity contribution in [1.29, 1.82) is 0 Å². The first kappa shape index (κ1) is 19.8. The Bertz CT molecular complexity index is 661. The molecular formula is C18H22F2N2O4. The molecular weight excluding hydrogens is 346 g/mol. The van der Waals surface area contributed by atoms with Crippen LogP contribution < -0.4 is 10.6 Å². The second kappa shape index (κ2) is 9.84. The van der Waals surface area contributed by atoms with Gasteiger partial charge in [-0.3, -0.25) is 14.4 Å². The molecule has 1 aliphatic rings. The van der Waals surface area contributed by atoms with Gasteiger partial charge < -0.3 is 15.4 Å². The van der Waals surface area contributed by atoms with Gasteiger partial charge in [0, 0.05) is 18.2 Å². The van der Waals surface area contributed by atoms with Crippen LogP contribution in [0.2, 0.25) is 0 Å². The number of amides is 2. The normalized spacial score (nSPS) is 14.5. The van der Waals surface area contributed by atoms with Gasteiger partial charge in [-0.2, -0.15) is 0 Å².